The minimum atomic E-state index is -4.74. The topological polar surface area (TPSA) is 44.8 Å². The van der Waals surface area contributed by atoms with E-state index in [-0.39, 0.29) is 17.7 Å². The number of hydrogen-bond acceptors (Lipinski definition) is 4. The van der Waals surface area contributed by atoms with Crippen LogP contribution in [0, 0.1) is 11.6 Å². The summed E-state index contributed by atoms with van der Waals surface area (Å²) in [6, 6.07) is 1.75. The summed E-state index contributed by atoms with van der Waals surface area (Å²) in [5.74, 6) is -5.03. The molecule has 0 saturated carbocycles. The zero-order valence-electron chi connectivity index (χ0n) is 12.7. The van der Waals surface area contributed by atoms with E-state index in [2.05, 4.69) is 9.47 Å². The fraction of sp³-hybridized carbons (Fsp3) is 0.400. The molecule has 0 fully saturated rings. The summed E-state index contributed by atoms with van der Waals surface area (Å²) >= 11 is 0. The maximum Gasteiger partial charge on any atom is 0.425 e. The Morgan fingerprint density at radius 3 is 2.54 bits per heavy atom. The van der Waals surface area contributed by atoms with Crippen LogP contribution in [0.25, 0.3) is 5.57 Å². The van der Waals surface area contributed by atoms with E-state index in [0.29, 0.717) is 0 Å². The number of benzene rings is 1. The van der Waals surface area contributed by atoms with Crippen LogP contribution in [0.1, 0.15) is 18.9 Å². The quantitative estimate of drug-likeness (QED) is 0.614. The average Bonchev–Trinajstić information content (AvgIpc) is 2.95. The van der Waals surface area contributed by atoms with Crippen molar-refractivity contribution in [2.45, 2.75) is 25.6 Å². The van der Waals surface area contributed by atoms with Crippen LogP contribution in [0.4, 0.5) is 22.0 Å². The lowest BCUT2D eigenvalue weighted by Gasteiger charge is -2.15. The molecule has 132 valence electrons. The molecule has 1 unspecified atom stereocenters. The van der Waals surface area contributed by atoms with E-state index in [1.165, 1.54) is 6.92 Å². The Morgan fingerprint density at radius 1 is 1.33 bits per heavy atom. The average molecular weight is 352 g/mol. The van der Waals surface area contributed by atoms with Crippen molar-refractivity contribution < 1.29 is 41.0 Å². The highest BCUT2D eigenvalue weighted by Crippen LogP contribution is 2.43. The third kappa shape index (κ3) is 3.29. The summed E-state index contributed by atoms with van der Waals surface area (Å²) in [5, 5.41) is 0. The Labute approximate surface area is 133 Å². The van der Waals surface area contributed by atoms with Gasteiger partial charge in [-0.3, -0.25) is 0 Å². The molecule has 1 heterocycles. The first-order valence-corrected chi connectivity index (χ1v) is 6.86. The standard InChI is InChI=1S/C15H13F5O4/c1-3-23-14(21)13-8(6-10(24-13)15(18,19)20)7-4-5-9(16)11(17)12(7)22-2/h4-5,10H,3,6H2,1-2H3. The molecule has 1 aliphatic heterocycles. The molecule has 24 heavy (non-hydrogen) atoms. The Balaban J connectivity index is 2.56. The fourth-order valence-corrected chi connectivity index (χ4v) is 2.29. The molecule has 0 saturated heterocycles. The number of esters is 1. The van der Waals surface area contributed by atoms with Crippen molar-refractivity contribution in [3.63, 3.8) is 0 Å². The molecule has 0 spiro atoms. The highest BCUT2D eigenvalue weighted by Gasteiger charge is 2.48. The first kappa shape index (κ1) is 18.0. The number of hydrogen-bond donors (Lipinski definition) is 0. The van der Waals surface area contributed by atoms with Gasteiger partial charge in [0.2, 0.25) is 11.6 Å². The monoisotopic (exact) mass is 352 g/mol. The number of carbonyl (C=O) groups excluding carboxylic acids is 1. The number of methoxy groups -OCH3 is 1. The minimum Gasteiger partial charge on any atom is -0.493 e. The Kier molecular flexibility index (Phi) is 5.00. The van der Waals surface area contributed by atoms with Crippen LogP contribution < -0.4 is 4.74 Å². The highest BCUT2D eigenvalue weighted by molar-refractivity contribution is 5.97. The Hall–Kier alpha value is -2.32. The summed E-state index contributed by atoms with van der Waals surface area (Å²) < 4.78 is 80.0. The van der Waals surface area contributed by atoms with Gasteiger partial charge in [0.25, 0.3) is 0 Å². The van der Waals surface area contributed by atoms with Gasteiger partial charge in [-0.05, 0) is 19.1 Å². The normalized spacial score (nSPS) is 17.7. The summed E-state index contributed by atoms with van der Waals surface area (Å²) in [7, 11) is 1.03. The lowest BCUT2D eigenvalue weighted by atomic mass is 9.99. The Bertz CT molecular complexity index is 681. The third-order valence-electron chi connectivity index (χ3n) is 3.33. The Morgan fingerprint density at radius 2 is 2.00 bits per heavy atom. The minimum absolute atomic E-state index is 0.0927. The number of carbonyl (C=O) groups is 1. The van der Waals surface area contributed by atoms with E-state index in [0.717, 1.165) is 19.2 Å². The zero-order valence-corrected chi connectivity index (χ0v) is 12.7. The smallest absolute Gasteiger partial charge is 0.425 e. The fourth-order valence-electron chi connectivity index (χ4n) is 2.29. The predicted octanol–water partition coefficient (Wildman–Crippen LogP) is 3.60. The molecular weight excluding hydrogens is 339 g/mol. The highest BCUT2D eigenvalue weighted by atomic mass is 19.4. The van der Waals surface area contributed by atoms with Crippen molar-refractivity contribution in [2.24, 2.45) is 0 Å². The van der Waals surface area contributed by atoms with E-state index in [1.807, 2.05) is 0 Å². The predicted molar refractivity (Wildman–Crippen MR) is 72.0 cm³/mol. The molecule has 0 amide bonds. The number of halogens is 5. The molecule has 0 aromatic heterocycles. The van der Waals surface area contributed by atoms with Crippen molar-refractivity contribution in [1.82, 2.24) is 0 Å². The van der Waals surface area contributed by atoms with Gasteiger partial charge in [0, 0.05) is 17.6 Å². The van der Waals surface area contributed by atoms with Crippen LogP contribution in [0.15, 0.2) is 17.9 Å². The van der Waals surface area contributed by atoms with E-state index in [1.54, 1.807) is 0 Å². The molecule has 0 bridgehead atoms. The van der Waals surface area contributed by atoms with Crippen molar-refractivity contribution in [2.75, 3.05) is 13.7 Å². The molecule has 1 aromatic carbocycles. The second-order valence-corrected chi connectivity index (χ2v) is 4.82. The molecule has 9 heteroatoms. The number of ether oxygens (including phenoxy) is 3. The molecule has 0 radical (unpaired) electrons. The van der Waals surface area contributed by atoms with Gasteiger partial charge in [0.15, 0.2) is 17.7 Å². The van der Waals surface area contributed by atoms with Crippen molar-refractivity contribution in [1.29, 1.82) is 0 Å². The van der Waals surface area contributed by atoms with E-state index in [4.69, 9.17) is 4.74 Å². The van der Waals surface area contributed by atoms with E-state index >= 15 is 0 Å². The van der Waals surface area contributed by atoms with Crippen LogP contribution in [0.2, 0.25) is 0 Å². The van der Waals surface area contributed by atoms with Gasteiger partial charge < -0.3 is 14.2 Å². The van der Waals surface area contributed by atoms with E-state index in [9.17, 15) is 26.7 Å². The molecule has 2 rings (SSSR count). The maximum absolute atomic E-state index is 13.8. The summed E-state index contributed by atoms with van der Waals surface area (Å²) in [4.78, 5) is 11.9. The van der Waals surface area contributed by atoms with Gasteiger partial charge in [-0.15, -0.1) is 0 Å². The largest absolute Gasteiger partial charge is 0.493 e. The van der Waals surface area contributed by atoms with Crippen LogP contribution in [0.5, 0.6) is 5.75 Å². The molecule has 0 aliphatic carbocycles. The number of alkyl halides is 3. The van der Waals surface area contributed by atoms with Crippen LogP contribution in [-0.4, -0.2) is 32.0 Å². The lowest BCUT2D eigenvalue weighted by molar-refractivity contribution is -0.204. The summed E-state index contributed by atoms with van der Waals surface area (Å²) in [5.41, 5.74) is -0.460. The molecule has 0 N–H and O–H groups in total. The molecular formula is C15H13F5O4. The third-order valence-corrected chi connectivity index (χ3v) is 3.33. The maximum atomic E-state index is 13.8. The van der Waals surface area contributed by atoms with E-state index < -0.39 is 47.8 Å². The summed E-state index contributed by atoms with van der Waals surface area (Å²) in [6.45, 7) is 1.37. The van der Waals surface area contributed by atoms with Gasteiger partial charge >= 0.3 is 12.1 Å². The van der Waals surface area contributed by atoms with Crippen LogP contribution in [0.3, 0.4) is 0 Å². The van der Waals surface area contributed by atoms with Gasteiger partial charge in [-0.2, -0.15) is 17.6 Å². The van der Waals surface area contributed by atoms with Gasteiger partial charge in [0.05, 0.1) is 13.7 Å². The second kappa shape index (κ2) is 6.66. The summed E-state index contributed by atoms with van der Waals surface area (Å²) in [6.07, 6.45) is -7.78. The SMILES string of the molecule is CCOC(=O)C1=C(c2ccc(F)c(F)c2OC)CC(C(F)(F)F)O1. The van der Waals surface area contributed by atoms with Gasteiger partial charge in [-0.25, -0.2) is 9.18 Å². The second-order valence-electron chi connectivity index (χ2n) is 4.82. The van der Waals surface area contributed by atoms with Crippen molar-refractivity contribution in [3.8, 4) is 5.75 Å². The zero-order chi connectivity index (χ0) is 18.1. The molecule has 1 atom stereocenters. The van der Waals surface area contributed by atoms with Crippen LogP contribution >= 0.6 is 0 Å². The van der Waals surface area contributed by atoms with Crippen LogP contribution in [-0.2, 0) is 14.3 Å². The first-order chi connectivity index (χ1) is 11.2. The number of rotatable bonds is 4. The molecule has 1 aliphatic rings. The van der Waals surface area contributed by atoms with Gasteiger partial charge in [0.1, 0.15) is 0 Å². The van der Waals surface area contributed by atoms with Crippen molar-refractivity contribution in [3.05, 3.63) is 35.1 Å². The van der Waals surface area contributed by atoms with Crippen molar-refractivity contribution >= 4 is 11.5 Å². The molecule has 4 nitrogen and oxygen atoms in total. The lowest BCUT2D eigenvalue weighted by Crippen LogP contribution is -2.29. The molecule has 1 aromatic rings. The first-order valence-electron chi connectivity index (χ1n) is 6.86. The van der Waals surface area contributed by atoms with Gasteiger partial charge in [-0.1, -0.05) is 0 Å².